The van der Waals surface area contributed by atoms with Gasteiger partial charge in [-0.05, 0) is 24.3 Å². The summed E-state index contributed by atoms with van der Waals surface area (Å²) in [5, 5.41) is 2.89. The van der Waals surface area contributed by atoms with Crippen molar-refractivity contribution in [3.05, 3.63) is 35.6 Å². The van der Waals surface area contributed by atoms with Gasteiger partial charge in [0.2, 0.25) is 0 Å². The van der Waals surface area contributed by atoms with Gasteiger partial charge >= 0.3 is 12.2 Å². The lowest BCUT2D eigenvalue weighted by Crippen LogP contribution is -2.69. The molecule has 1 fully saturated rings. The van der Waals surface area contributed by atoms with E-state index in [-0.39, 0.29) is 10.5 Å². The minimum Gasteiger partial charge on any atom is -0.314 e. The maximum absolute atomic E-state index is 13.2. The number of carbonyl (C=O) groups excluding carboxylic acids is 3. The SMILES string of the molecule is CN1C(=O)N[C@](NC(=O)c2ccc(F)cc2)(C(F)(F)F)C1=O. The van der Waals surface area contributed by atoms with Gasteiger partial charge in [-0.15, -0.1) is 0 Å². The number of nitrogens with one attached hydrogen (secondary N) is 2. The fourth-order valence-electron chi connectivity index (χ4n) is 1.83. The Balaban J connectivity index is 2.37. The van der Waals surface area contributed by atoms with E-state index in [2.05, 4.69) is 0 Å². The maximum atomic E-state index is 13.2. The van der Waals surface area contributed by atoms with Gasteiger partial charge < -0.3 is 5.32 Å². The summed E-state index contributed by atoms with van der Waals surface area (Å²) in [6.45, 7) is 0. The molecule has 2 rings (SSSR count). The molecule has 1 aromatic carbocycles. The minimum absolute atomic E-state index is 0.207. The lowest BCUT2D eigenvalue weighted by Gasteiger charge is -2.29. The normalized spacial score (nSPS) is 21.8. The third-order valence-electron chi connectivity index (χ3n) is 3.06. The average Bonchev–Trinajstić information content (AvgIpc) is 2.64. The molecule has 1 aliphatic rings. The predicted octanol–water partition coefficient (Wildman–Crippen LogP) is 0.996. The lowest BCUT2D eigenvalue weighted by atomic mass is 10.1. The second kappa shape index (κ2) is 4.97. The highest BCUT2D eigenvalue weighted by atomic mass is 19.4. The van der Waals surface area contributed by atoms with E-state index in [1.807, 2.05) is 0 Å². The largest absolute Gasteiger partial charge is 0.440 e. The first-order valence-electron chi connectivity index (χ1n) is 5.83. The maximum Gasteiger partial charge on any atom is 0.440 e. The van der Waals surface area contributed by atoms with Crippen LogP contribution in [0, 0.1) is 5.82 Å². The molecule has 6 nitrogen and oxygen atoms in total. The number of likely N-dealkylation sites (N-methyl/N-ethyl adjacent to an activating group) is 1. The zero-order valence-corrected chi connectivity index (χ0v) is 11.0. The van der Waals surface area contributed by atoms with E-state index in [4.69, 9.17) is 0 Å². The molecule has 0 unspecified atom stereocenters. The number of benzene rings is 1. The lowest BCUT2D eigenvalue weighted by molar-refractivity contribution is -0.199. The van der Waals surface area contributed by atoms with E-state index < -0.39 is 35.5 Å². The van der Waals surface area contributed by atoms with Crippen molar-refractivity contribution < 1.29 is 31.9 Å². The molecule has 0 radical (unpaired) electrons. The number of nitrogens with zero attached hydrogens (tertiary/aromatic N) is 1. The molecule has 22 heavy (non-hydrogen) atoms. The molecule has 2 N–H and O–H groups in total. The van der Waals surface area contributed by atoms with Crippen molar-refractivity contribution in [2.45, 2.75) is 11.8 Å². The Morgan fingerprint density at radius 3 is 2.18 bits per heavy atom. The summed E-state index contributed by atoms with van der Waals surface area (Å²) >= 11 is 0. The van der Waals surface area contributed by atoms with Gasteiger partial charge in [0.1, 0.15) is 5.82 Å². The van der Waals surface area contributed by atoms with Crippen molar-refractivity contribution in [3.63, 3.8) is 0 Å². The van der Waals surface area contributed by atoms with Gasteiger partial charge in [0, 0.05) is 12.6 Å². The van der Waals surface area contributed by atoms with Crippen molar-refractivity contribution >= 4 is 17.8 Å². The van der Waals surface area contributed by atoms with Crippen LogP contribution in [0.2, 0.25) is 0 Å². The molecule has 1 aliphatic heterocycles. The first-order chi connectivity index (χ1) is 10.1. The number of alkyl halides is 3. The van der Waals surface area contributed by atoms with E-state index in [1.54, 1.807) is 0 Å². The zero-order chi connectivity index (χ0) is 16.7. The predicted molar refractivity (Wildman–Crippen MR) is 64.0 cm³/mol. The van der Waals surface area contributed by atoms with Gasteiger partial charge in [0.25, 0.3) is 17.5 Å². The van der Waals surface area contributed by atoms with Crippen LogP contribution in [0.5, 0.6) is 0 Å². The van der Waals surface area contributed by atoms with E-state index >= 15 is 0 Å². The summed E-state index contributed by atoms with van der Waals surface area (Å²) in [4.78, 5) is 35.1. The van der Waals surface area contributed by atoms with E-state index in [9.17, 15) is 31.9 Å². The quantitative estimate of drug-likeness (QED) is 0.630. The Hall–Kier alpha value is -2.65. The number of carbonyl (C=O) groups is 3. The van der Waals surface area contributed by atoms with Crippen molar-refractivity contribution in [2.24, 2.45) is 0 Å². The van der Waals surface area contributed by atoms with Crippen LogP contribution in [0.4, 0.5) is 22.4 Å². The van der Waals surface area contributed by atoms with Crippen LogP contribution in [0.1, 0.15) is 10.4 Å². The number of hydrogen-bond acceptors (Lipinski definition) is 3. The van der Waals surface area contributed by atoms with Crippen molar-refractivity contribution in [1.29, 1.82) is 0 Å². The van der Waals surface area contributed by atoms with Crippen LogP contribution in [0.15, 0.2) is 24.3 Å². The molecule has 0 aliphatic carbocycles. The third-order valence-corrected chi connectivity index (χ3v) is 3.06. The Morgan fingerprint density at radius 2 is 1.77 bits per heavy atom. The van der Waals surface area contributed by atoms with Gasteiger partial charge in [-0.1, -0.05) is 0 Å². The van der Waals surface area contributed by atoms with Gasteiger partial charge in [-0.3, -0.25) is 19.8 Å². The molecule has 0 aromatic heterocycles. The molecule has 1 heterocycles. The molecule has 0 spiro atoms. The highest BCUT2D eigenvalue weighted by Gasteiger charge is 2.68. The summed E-state index contributed by atoms with van der Waals surface area (Å²) in [5.41, 5.74) is -3.86. The molecule has 1 atom stereocenters. The fraction of sp³-hybridized carbons (Fsp3) is 0.250. The Labute approximate surface area is 121 Å². The number of rotatable bonds is 2. The van der Waals surface area contributed by atoms with Gasteiger partial charge in [-0.2, -0.15) is 13.2 Å². The molecule has 118 valence electrons. The van der Waals surface area contributed by atoms with Crippen molar-refractivity contribution in [3.8, 4) is 0 Å². The highest BCUT2D eigenvalue weighted by Crippen LogP contribution is 2.33. The van der Waals surface area contributed by atoms with E-state index in [0.717, 1.165) is 31.3 Å². The fourth-order valence-corrected chi connectivity index (χ4v) is 1.83. The van der Waals surface area contributed by atoms with Crippen LogP contribution in [-0.2, 0) is 4.79 Å². The Kier molecular flexibility index (Phi) is 3.55. The van der Waals surface area contributed by atoms with E-state index in [0.29, 0.717) is 0 Å². The highest BCUT2D eigenvalue weighted by molar-refractivity contribution is 6.10. The molecule has 0 saturated carbocycles. The second-order valence-corrected chi connectivity index (χ2v) is 4.50. The smallest absolute Gasteiger partial charge is 0.314 e. The summed E-state index contributed by atoms with van der Waals surface area (Å²) < 4.78 is 52.4. The monoisotopic (exact) mass is 319 g/mol. The molecule has 4 amide bonds. The number of amides is 4. The van der Waals surface area contributed by atoms with Gasteiger partial charge in [0.05, 0.1) is 0 Å². The number of urea groups is 1. The molecule has 1 saturated heterocycles. The summed E-state index contributed by atoms with van der Waals surface area (Å²) in [5.74, 6) is -3.64. The Bertz CT molecular complexity index is 644. The van der Waals surface area contributed by atoms with E-state index in [1.165, 1.54) is 10.6 Å². The van der Waals surface area contributed by atoms with Gasteiger partial charge in [-0.25, -0.2) is 9.18 Å². The van der Waals surface area contributed by atoms with Crippen LogP contribution < -0.4 is 10.6 Å². The second-order valence-electron chi connectivity index (χ2n) is 4.50. The molecule has 1 aromatic rings. The number of imide groups is 1. The molecule has 0 bridgehead atoms. The number of halogens is 4. The average molecular weight is 319 g/mol. The number of hydrogen-bond donors (Lipinski definition) is 2. The topological polar surface area (TPSA) is 78.5 Å². The van der Waals surface area contributed by atoms with Crippen molar-refractivity contribution in [1.82, 2.24) is 15.5 Å². The standard InChI is InChI=1S/C12H9F4N3O3/c1-19-9(21)11(12(14,15)16,18-10(19)22)17-8(20)6-2-4-7(13)5-3-6/h2-5H,1H3,(H,17,20)(H,18,22)/t11-/m0/s1. The molecular weight excluding hydrogens is 310 g/mol. The van der Waals surface area contributed by atoms with Crippen LogP contribution in [0.25, 0.3) is 0 Å². The van der Waals surface area contributed by atoms with Gasteiger partial charge in [0.15, 0.2) is 0 Å². The summed E-state index contributed by atoms with van der Waals surface area (Å²) in [6, 6.07) is 2.33. The summed E-state index contributed by atoms with van der Waals surface area (Å²) in [6.07, 6.45) is -5.26. The minimum atomic E-state index is -5.26. The van der Waals surface area contributed by atoms with Crippen LogP contribution >= 0.6 is 0 Å². The van der Waals surface area contributed by atoms with Crippen LogP contribution in [0.3, 0.4) is 0 Å². The third kappa shape index (κ3) is 2.36. The molecule has 10 heteroatoms. The summed E-state index contributed by atoms with van der Waals surface area (Å²) in [7, 11) is 0.842. The first-order valence-corrected chi connectivity index (χ1v) is 5.83. The zero-order valence-electron chi connectivity index (χ0n) is 11.0. The molecular formula is C12H9F4N3O3. The first kappa shape index (κ1) is 15.7. The van der Waals surface area contributed by atoms with Crippen molar-refractivity contribution in [2.75, 3.05) is 7.05 Å². The van der Waals surface area contributed by atoms with Crippen LogP contribution in [-0.4, -0.2) is 41.6 Å². The Morgan fingerprint density at radius 1 is 1.23 bits per heavy atom.